The Balaban J connectivity index is 2.39. The van der Waals surface area contributed by atoms with Gasteiger partial charge < -0.3 is 10.6 Å². The highest BCUT2D eigenvalue weighted by Crippen LogP contribution is 2.20. The maximum atomic E-state index is 11.8. The quantitative estimate of drug-likeness (QED) is 0.896. The van der Waals surface area contributed by atoms with E-state index >= 15 is 0 Å². The van der Waals surface area contributed by atoms with Gasteiger partial charge in [0.15, 0.2) is 0 Å². The number of hydrogen-bond acceptors (Lipinski definition) is 3. The Bertz CT molecular complexity index is 384. The highest BCUT2D eigenvalue weighted by atomic mass is 79.9. The Morgan fingerprint density at radius 2 is 2.18 bits per heavy atom. The third-order valence-corrected chi connectivity index (χ3v) is 3.68. The molecule has 1 aromatic rings. The molecule has 0 fully saturated rings. The first-order valence-corrected chi connectivity index (χ1v) is 7.23. The molecule has 1 atom stereocenters. The number of hydrogen-bond donors (Lipinski definition) is 2. The lowest BCUT2D eigenvalue weighted by Crippen LogP contribution is -2.49. The third kappa shape index (κ3) is 5.66. The molecule has 96 valence electrons. The standard InChI is InChI=1S/C12H19BrN2OS/c1-8(11(16)15-12(2,3)4)14-6-9-5-10(13)17-7-9/h5,7-8,14H,6H2,1-4H3,(H,15,16). The van der Waals surface area contributed by atoms with Crippen LogP contribution in [0.4, 0.5) is 0 Å². The van der Waals surface area contributed by atoms with Gasteiger partial charge in [0.2, 0.25) is 5.91 Å². The maximum Gasteiger partial charge on any atom is 0.237 e. The molecule has 1 unspecified atom stereocenters. The molecule has 1 amide bonds. The fraction of sp³-hybridized carbons (Fsp3) is 0.583. The Labute approximate surface area is 115 Å². The second kappa shape index (κ2) is 5.98. The summed E-state index contributed by atoms with van der Waals surface area (Å²) in [5.74, 6) is 0.0341. The van der Waals surface area contributed by atoms with Crippen LogP contribution in [0.2, 0.25) is 0 Å². The van der Waals surface area contributed by atoms with Gasteiger partial charge in [0, 0.05) is 12.1 Å². The molecule has 0 saturated heterocycles. The molecule has 1 aromatic heterocycles. The lowest BCUT2D eigenvalue weighted by molar-refractivity contribution is -0.124. The molecular formula is C12H19BrN2OS. The summed E-state index contributed by atoms with van der Waals surface area (Å²) in [6.07, 6.45) is 0. The summed E-state index contributed by atoms with van der Waals surface area (Å²) in [6, 6.07) is 1.87. The smallest absolute Gasteiger partial charge is 0.237 e. The van der Waals surface area contributed by atoms with Gasteiger partial charge >= 0.3 is 0 Å². The molecule has 1 rings (SSSR count). The molecule has 0 aliphatic carbocycles. The van der Waals surface area contributed by atoms with Gasteiger partial charge in [-0.25, -0.2) is 0 Å². The molecule has 0 aromatic carbocycles. The Morgan fingerprint density at radius 3 is 2.65 bits per heavy atom. The van der Waals surface area contributed by atoms with Gasteiger partial charge in [-0.2, -0.15) is 0 Å². The molecule has 0 saturated carbocycles. The van der Waals surface area contributed by atoms with E-state index in [2.05, 4.69) is 38.0 Å². The molecule has 17 heavy (non-hydrogen) atoms. The van der Waals surface area contributed by atoms with Crippen LogP contribution in [-0.2, 0) is 11.3 Å². The summed E-state index contributed by atoms with van der Waals surface area (Å²) >= 11 is 5.07. The van der Waals surface area contributed by atoms with Crippen LogP contribution in [0.15, 0.2) is 15.2 Å². The van der Waals surface area contributed by atoms with E-state index < -0.39 is 0 Å². The Kier molecular flexibility index (Phi) is 5.16. The number of amides is 1. The fourth-order valence-electron chi connectivity index (χ4n) is 1.28. The van der Waals surface area contributed by atoms with Gasteiger partial charge in [-0.05, 0) is 60.6 Å². The first-order valence-electron chi connectivity index (χ1n) is 5.56. The van der Waals surface area contributed by atoms with E-state index in [9.17, 15) is 4.79 Å². The van der Waals surface area contributed by atoms with E-state index in [1.807, 2.05) is 27.7 Å². The van der Waals surface area contributed by atoms with Gasteiger partial charge in [0.05, 0.1) is 9.83 Å². The zero-order valence-corrected chi connectivity index (χ0v) is 13.0. The van der Waals surface area contributed by atoms with Crippen LogP contribution < -0.4 is 10.6 Å². The minimum Gasteiger partial charge on any atom is -0.350 e. The normalized spacial score (nSPS) is 13.5. The van der Waals surface area contributed by atoms with Crippen molar-refractivity contribution < 1.29 is 4.79 Å². The lowest BCUT2D eigenvalue weighted by Gasteiger charge is -2.23. The number of rotatable bonds is 4. The number of carbonyl (C=O) groups is 1. The van der Waals surface area contributed by atoms with Crippen molar-refractivity contribution in [2.75, 3.05) is 0 Å². The van der Waals surface area contributed by atoms with Crippen molar-refractivity contribution >= 4 is 33.2 Å². The van der Waals surface area contributed by atoms with E-state index in [1.165, 1.54) is 5.56 Å². The minimum absolute atomic E-state index is 0.0341. The van der Waals surface area contributed by atoms with E-state index in [1.54, 1.807) is 11.3 Å². The molecule has 0 bridgehead atoms. The number of thiophene rings is 1. The average Bonchev–Trinajstić information content (AvgIpc) is 2.58. The van der Waals surface area contributed by atoms with Crippen molar-refractivity contribution in [2.45, 2.75) is 45.8 Å². The largest absolute Gasteiger partial charge is 0.350 e. The van der Waals surface area contributed by atoms with Crippen molar-refractivity contribution in [3.05, 3.63) is 20.8 Å². The van der Waals surface area contributed by atoms with Crippen LogP contribution in [-0.4, -0.2) is 17.5 Å². The predicted molar refractivity (Wildman–Crippen MR) is 76.2 cm³/mol. The Morgan fingerprint density at radius 1 is 1.53 bits per heavy atom. The molecule has 0 aliphatic rings. The highest BCUT2D eigenvalue weighted by Gasteiger charge is 2.18. The zero-order valence-electron chi connectivity index (χ0n) is 10.6. The Hall–Kier alpha value is -0.390. The van der Waals surface area contributed by atoms with Crippen LogP contribution in [0.25, 0.3) is 0 Å². The summed E-state index contributed by atoms with van der Waals surface area (Å²) in [7, 11) is 0. The topological polar surface area (TPSA) is 41.1 Å². The van der Waals surface area contributed by atoms with Gasteiger partial charge in [0.25, 0.3) is 0 Å². The first kappa shape index (κ1) is 14.7. The summed E-state index contributed by atoms with van der Waals surface area (Å²) < 4.78 is 1.11. The van der Waals surface area contributed by atoms with Gasteiger partial charge in [-0.15, -0.1) is 11.3 Å². The molecule has 5 heteroatoms. The lowest BCUT2D eigenvalue weighted by atomic mass is 10.1. The van der Waals surface area contributed by atoms with E-state index in [0.29, 0.717) is 6.54 Å². The SMILES string of the molecule is CC(NCc1csc(Br)c1)C(=O)NC(C)(C)C. The summed E-state index contributed by atoms with van der Waals surface area (Å²) in [5, 5.41) is 8.24. The minimum atomic E-state index is -0.187. The third-order valence-electron chi connectivity index (χ3n) is 2.13. The van der Waals surface area contributed by atoms with Crippen LogP contribution in [0.3, 0.4) is 0 Å². The second-order valence-corrected chi connectivity index (χ2v) is 7.39. The second-order valence-electron chi connectivity index (χ2n) is 5.10. The van der Waals surface area contributed by atoms with Crippen molar-refractivity contribution in [3.63, 3.8) is 0 Å². The van der Waals surface area contributed by atoms with Gasteiger partial charge in [-0.3, -0.25) is 4.79 Å². The monoisotopic (exact) mass is 318 g/mol. The van der Waals surface area contributed by atoms with Crippen molar-refractivity contribution in [3.8, 4) is 0 Å². The van der Waals surface area contributed by atoms with Crippen LogP contribution in [0, 0.1) is 0 Å². The molecule has 0 aliphatic heterocycles. The molecule has 3 nitrogen and oxygen atoms in total. The maximum absolute atomic E-state index is 11.8. The highest BCUT2D eigenvalue weighted by molar-refractivity contribution is 9.11. The summed E-state index contributed by atoms with van der Waals surface area (Å²) in [6.45, 7) is 8.53. The summed E-state index contributed by atoms with van der Waals surface area (Å²) in [4.78, 5) is 11.8. The van der Waals surface area contributed by atoms with Gasteiger partial charge in [0.1, 0.15) is 0 Å². The van der Waals surface area contributed by atoms with E-state index in [-0.39, 0.29) is 17.5 Å². The molecule has 0 radical (unpaired) electrons. The van der Waals surface area contributed by atoms with E-state index in [0.717, 1.165) is 3.79 Å². The predicted octanol–water partition coefficient (Wildman–Crippen LogP) is 2.90. The number of carbonyl (C=O) groups excluding carboxylic acids is 1. The number of nitrogens with one attached hydrogen (secondary N) is 2. The number of halogens is 1. The van der Waals surface area contributed by atoms with Crippen LogP contribution in [0.5, 0.6) is 0 Å². The average molecular weight is 319 g/mol. The summed E-state index contributed by atoms with van der Waals surface area (Å²) in [5.41, 5.74) is 1.01. The van der Waals surface area contributed by atoms with Gasteiger partial charge in [-0.1, -0.05) is 0 Å². The van der Waals surface area contributed by atoms with Crippen molar-refractivity contribution in [1.29, 1.82) is 0 Å². The molecular weight excluding hydrogens is 300 g/mol. The molecule has 0 spiro atoms. The first-order chi connectivity index (χ1) is 7.78. The van der Waals surface area contributed by atoms with Crippen LogP contribution in [0.1, 0.15) is 33.3 Å². The fourth-order valence-corrected chi connectivity index (χ4v) is 2.49. The van der Waals surface area contributed by atoms with Crippen molar-refractivity contribution in [2.24, 2.45) is 0 Å². The van der Waals surface area contributed by atoms with E-state index in [4.69, 9.17) is 0 Å². The zero-order chi connectivity index (χ0) is 13.1. The van der Waals surface area contributed by atoms with Crippen LogP contribution >= 0.6 is 27.3 Å². The molecule has 1 heterocycles. The van der Waals surface area contributed by atoms with Crippen molar-refractivity contribution in [1.82, 2.24) is 10.6 Å². The molecule has 2 N–H and O–H groups in total.